The van der Waals surface area contributed by atoms with Crippen LogP contribution >= 0.6 is 0 Å². The molecule has 0 fully saturated rings. The number of carboxylic acids is 1. The fraction of sp³-hybridized carbons (Fsp3) is 0.636. The Morgan fingerprint density at radius 1 is 0.676 bits per heavy atom. The molecule has 1 amide bonds. The lowest BCUT2D eigenvalue weighted by molar-refractivity contribution is -0.141. The number of aliphatic carboxylic acids is 1. The van der Waals surface area contributed by atoms with Crippen LogP contribution in [0.4, 0.5) is 0 Å². The molecule has 1 atom stereocenters. The van der Waals surface area contributed by atoms with Gasteiger partial charge in [0.2, 0.25) is 5.91 Å². The number of hydrogen-bond acceptors (Lipinski definition) is 2. The molecule has 0 saturated heterocycles. The largest absolute Gasteiger partial charge is 0.480 e. The highest BCUT2D eigenvalue weighted by atomic mass is 16.4. The topological polar surface area (TPSA) is 66.4 Å². The van der Waals surface area contributed by atoms with Gasteiger partial charge in [0.1, 0.15) is 6.04 Å². The predicted octanol–water partition coefficient (Wildman–Crippen LogP) is 8.99. The first-order valence-corrected chi connectivity index (χ1v) is 15.1. The third kappa shape index (κ3) is 14.2. The van der Waals surface area contributed by atoms with E-state index in [4.69, 9.17) is 0 Å². The first-order valence-electron chi connectivity index (χ1n) is 15.1. The van der Waals surface area contributed by atoms with Gasteiger partial charge in [-0.3, -0.25) is 4.79 Å². The van der Waals surface area contributed by atoms with Gasteiger partial charge in [-0.05, 0) is 22.8 Å². The van der Waals surface area contributed by atoms with E-state index in [1.165, 1.54) is 89.9 Å². The van der Waals surface area contributed by atoms with Crippen LogP contribution in [-0.4, -0.2) is 23.0 Å². The number of benzene rings is 2. The van der Waals surface area contributed by atoms with Gasteiger partial charge in [-0.2, -0.15) is 0 Å². The number of hydrogen-bond donors (Lipinski definition) is 2. The maximum Gasteiger partial charge on any atom is 0.326 e. The van der Waals surface area contributed by atoms with Crippen molar-refractivity contribution < 1.29 is 14.7 Å². The van der Waals surface area contributed by atoms with Crippen molar-refractivity contribution in [3.63, 3.8) is 0 Å². The van der Waals surface area contributed by atoms with Crippen molar-refractivity contribution >= 4 is 22.6 Å². The van der Waals surface area contributed by atoms with Gasteiger partial charge in [0.15, 0.2) is 0 Å². The van der Waals surface area contributed by atoms with Crippen molar-refractivity contribution in [1.82, 2.24) is 5.32 Å². The summed E-state index contributed by atoms with van der Waals surface area (Å²) in [5.41, 5.74) is 0.921. The number of unbranched alkanes of at least 4 members (excludes halogenated alkanes) is 16. The van der Waals surface area contributed by atoms with Crippen LogP contribution < -0.4 is 5.32 Å². The molecule has 1 unspecified atom stereocenters. The van der Waals surface area contributed by atoms with Crippen LogP contribution in [0.2, 0.25) is 0 Å². The number of fused-ring (bicyclic) bond motifs is 1. The maximum absolute atomic E-state index is 12.3. The number of amides is 1. The van der Waals surface area contributed by atoms with Crippen molar-refractivity contribution in [3.8, 4) is 0 Å². The first-order chi connectivity index (χ1) is 18.1. The Balaban J connectivity index is 1.45. The molecule has 0 saturated carbocycles. The SMILES string of the molecule is CCCCCCCCCCCCCCCCCCCC(=O)NC(Cc1ccc2ccccc2c1)C(=O)O. The molecule has 0 aromatic heterocycles. The third-order valence-electron chi connectivity index (χ3n) is 7.39. The van der Waals surface area contributed by atoms with E-state index in [0.717, 1.165) is 35.6 Å². The summed E-state index contributed by atoms with van der Waals surface area (Å²) in [6.07, 6.45) is 22.9. The monoisotopic (exact) mass is 509 g/mol. The van der Waals surface area contributed by atoms with Crippen LogP contribution in [0, 0.1) is 0 Å². The molecule has 2 rings (SSSR count). The quantitative estimate of drug-likeness (QED) is 0.156. The summed E-state index contributed by atoms with van der Waals surface area (Å²) in [5.74, 6) is -1.14. The highest BCUT2D eigenvalue weighted by Gasteiger charge is 2.20. The van der Waals surface area contributed by atoms with Gasteiger partial charge in [-0.1, -0.05) is 152 Å². The Kier molecular flexibility index (Phi) is 16.4. The van der Waals surface area contributed by atoms with E-state index in [2.05, 4.69) is 12.2 Å². The van der Waals surface area contributed by atoms with Crippen molar-refractivity contribution in [2.45, 2.75) is 135 Å². The van der Waals surface area contributed by atoms with Crippen LogP contribution in [-0.2, 0) is 16.0 Å². The minimum absolute atomic E-state index is 0.158. The van der Waals surface area contributed by atoms with E-state index in [0.29, 0.717) is 12.8 Å². The van der Waals surface area contributed by atoms with E-state index in [9.17, 15) is 14.7 Å². The fourth-order valence-corrected chi connectivity index (χ4v) is 5.08. The van der Waals surface area contributed by atoms with Crippen LogP contribution in [0.5, 0.6) is 0 Å². The molecule has 4 heteroatoms. The zero-order valence-corrected chi connectivity index (χ0v) is 23.3. The molecule has 37 heavy (non-hydrogen) atoms. The number of carboxylic acid groups (broad SMARTS) is 1. The zero-order chi connectivity index (χ0) is 26.6. The Hall–Kier alpha value is -2.36. The second-order valence-corrected chi connectivity index (χ2v) is 10.8. The van der Waals surface area contributed by atoms with Gasteiger partial charge >= 0.3 is 5.97 Å². The van der Waals surface area contributed by atoms with Gasteiger partial charge in [0.25, 0.3) is 0 Å². The number of carbonyl (C=O) groups is 2. The minimum Gasteiger partial charge on any atom is -0.480 e. The van der Waals surface area contributed by atoms with E-state index < -0.39 is 12.0 Å². The van der Waals surface area contributed by atoms with Crippen LogP contribution in [0.3, 0.4) is 0 Å². The highest BCUT2D eigenvalue weighted by molar-refractivity contribution is 5.85. The number of nitrogens with one attached hydrogen (secondary N) is 1. The molecule has 0 aliphatic heterocycles. The number of carbonyl (C=O) groups excluding carboxylic acids is 1. The van der Waals surface area contributed by atoms with Gasteiger partial charge in [0, 0.05) is 12.8 Å². The molecule has 0 aliphatic rings. The molecule has 2 N–H and O–H groups in total. The summed E-state index contributed by atoms with van der Waals surface area (Å²) < 4.78 is 0. The molecular formula is C33H51NO3. The predicted molar refractivity (Wildman–Crippen MR) is 156 cm³/mol. The Bertz CT molecular complexity index is 894. The fourth-order valence-electron chi connectivity index (χ4n) is 5.08. The van der Waals surface area contributed by atoms with Crippen LogP contribution in [0.1, 0.15) is 128 Å². The van der Waals surface area contributed by atoms with Gasteiger partial charge in [-0.15, -0.1) is 0 Å². The lowest BCUT2D eigenvalue weighted by atomic mass is 10.0. The summed E-state index contributed by atoms with van der Waals surface area (Å²) in [6, 6.07) is 13.1. The molecule has 2 aromatic rings. The highest BCUT2D eigenvalue weighted by Crippen LogP contribution is 2.17. The van der Waals surface area contributed by atoms with Gasteiger partial charge < -0.3 is 10.4 Å². The van der Waals surface area contributed by atoms with E-state index in [1.54, 1.807) is 0 Å². The lowest BCUT2D eigenvalue weighted by Crippen LogP contribution is -2.42. The summed E-state index contributed by atoms with van der Waals surface area (Å²) in [4.78, 5) is 24.1. The molecule has 4 nitrogen and oxygen atoms in total. The average Bonchev–Trinajstić information content (AvgIpc) is 2.90. The Morgan fingerprint density at radius 2 is 1.16 bits per heavy atom. The smallest absolute Gasteiger partial charge is 0.326 e. The van der Waals surface area contributed by atoms with E-state index >= 15 is 0 Å². The summed E-state index contributed by atoms with van der Waals surface area (Å²) in [5, 5.41) is 14.5. The van der Waals surface area contributed by atoms with Crippen LogP contribution in [0.15, 0.2) is 42.5 Å². The standard InChI is InChI=1S/C33H51NO3/c1-2-3-4-5-6-7-8-9-10-11-12-13-14-15-16-17-18-23-32(35)34-31(33(36)37)27-28-24-25-29-21-19-20-22-30(29)26-28/h19-22,24-26,31H,2-18,23,27H2,1H3,(H,34,35)(H,36,37). The number of rotatable bonds is 22. The average molecular weight is 510 g/mol. The van der Waals surface area contributed by atoms with Crippen LogP contribution in [0.25, 0.3) is 10.8 Å². The summed E-state index contributed by atoms with van der Waals surface area (Å²) >= 11 is 0. The van der Waals surface area contributed by atoms with Crippen molar-refractivity contribution in [2.24, 2.45) is 0 Å². The third-order valence-corrected chi connectivity index (χ3v) is 7.39. The molecule has 0 heterocycles. The normalized spacial score (nSPS) is 12.0. The molecule has 0 aliphatic carbocycles. The summed E-state index contributed by atoms with van der Waals surface area (Å²) in [7, 11) is 0. The van der Waals surface area contributed by atoms with Crippen molar-refractivity contribution in [2.75, 3.05) is 0 Å². The second-order valence-electron chi connectivity index (χ2n) is 10.8. The molecule has 0 spiro atoms. The van der Waals surface area contributed by atoms with Crippen molar-refractivity contribution in [1.29, 1.82) is 0 Å². The van der Waals surface area contributed by atoms with E-state index in [-0.39, 0.29) is 5.91 Å². The molecule has 2 aromatic carbocycles. The molecular weight excluding hydrogens is 458 g/mol. The molecule has 206 valence electrons. The first kappa shape index (κ1) is 30.9. The Morgan fingerprint density at radius 3 is 1.68 bits per heavy atom. The molecule has 0 radical (unpaired) electrons. The van der Waals surface area contributed by atoms with Crippen molar-refractivity contribution in [3.05, 3.63) is 48.0 Å². The lowest BCUT2D eigenvalue weighted by Gasteiger charge is -2.15. The maximum atomic E-state index is 12.3. The minimum atomic E-state index is -0.982. The Labute approximate surface area is 225 Å². The molecule has 0 bridgehead atoms. The summed E-state index contributed by atoms with van der Waals surface area (Å²) in [6.45, 7) is 2.27. The van der Waals surface area contributed by atoms with E-state index in [1.807, 2.05) is 42.5 Å². The van der Waals surface area contributed by atoms with Gasteiger partial charge in [0.05, 0.1) is 0 Å². The van der Waals surface area contributed by atoms with Gasteiger partial charge in [-0.25, -0.2) is 4.79 Å². The second kappa shape index (κ2) is 19.7. The zero-order valence-electron chi connectivity index (χ0n) is 23.3.